The summed E-state index contributed by atoms with van der Waals surface area (Å²) >= 11 is 18.7. The average molecular weight is 502 g/mol. The molecule has 0 aliphatic heterocycles. The molecule has 1 atom stereocenters. The fourth-order valence-electron chi connectivity index (χ4n) is 3.12. The monoisotopic (exact) mass is 500 g/mol. The summed E-state index contributed by atoms with van der Waals surface area (Å²) in [5.41, 5.74) is 5.55. The quantitative estimate of drug-likeness (QED) is 0.268. The molecular weight excluding hydrogens is 488 g/mol. The number of guanidine groups is 1. The maximum Gasteiger partial charge on any atom is 0.416 e. The van der Waals surface area contributed by atoms with Crippen LogP contribution in [-0.2, 0) is 12.7 Å². The van der Waals surface area contributed by atoms with Gasteiger partial charge in [-0.15, -0.1) is 4.99 Å². The lowest BCUT2D eigenvalue weighted by molar-refractivity contribution is -0.137. The maximum atomic E-state index is 13.5. The van der Waals surface area contributed by atoms with Gasteiger partial charge in [-0.3, -0.25) is 0 Å². The van der Waals surface area contributed by atoms with Crippen LogP contribution in [0, 0.1) is 11.5 Å². The summed E-state index contributed by atoms with van der Waals surface area (Å²) in [6.07, 6.45) is 1.59. The van der Waals surface area contributed by atoms with Gasteiger partial charge in [-0.2, -0.15) is 18.4 Å². The van der Waals surface area contributed by atoms with Crippen LogP contribution in [0.5, 0.6) is 0 Å². The summed E-state index contributed by atoms with van der Waals surface area (Å²) in [5.74, 6) is -0.296. The van der Waals surface area contributed by atoms with Gasteiger partial charge in [0.2, 0.25) is 12.2 Å². The van der Waals surface area contributed by atoms with Gasteiger partial charge in [0, 0.05) is 29.0 Å². The van der Waals surface area contributed by atoms with E-state index in [1.807, 2.05) is 0 Å². The number of halogens is 6. The van der Waals surface area contributed by atoms with Crippen molar-refractivity contribution in [1.29, 1.82) is 5.26 Å². The molecule has 166 valence electrons. The molecule has 0 fully saturated rings. The van der Waals surface area contributed by atoms with Gasteiger partial charge in [0.05, 0.1) is 28.6 Å². The fraction of sp³-hybridized carbons (Fsp3) is 0.150. The zero-order valence-electron chi connectivity index (χ0n) is 16.1. The molecule has 0 spiro atoms. The molecule has 0 saturated heterocycles. The number of nitriles is 1. The van der Waals surface area contributed by atoms with E-state index in [9.17, 15) is 13.2 Å². The molecule has 0 aliphatic carbocycles. The molecule has 3 rings (SSSR count). The van der Waals surface area contributed by atoms with Crippen molar-refractivity contribution >= 4 is 46.4 Å². The molecule has 2 aromatic carbocycles. The van der Waals surface area contributed by atoms with Crippen LogP contribution in [0.15, 0.2) is 60.1 Å². The molecule has 1 unspecified atom stereocenters. The maximum absolute atomic E-state index is 13.5. The number of aliphatic imine (C=N–C) groups is 1. The summed E-state index contributed by atoms with van der Waals surface area (Å²) < 4.78 is 42.0. The lowest BCUT2D eigenvalue weighted by Crippen LogP contribution is -2.42. The van der Waals surface area contributed by atoms with E-state index >= 15 is 0 Å². The minimum absolute atomic E-state index is 0.0572. The summed E-state index contributed by atoms with van der Waals surface area (Å²) in [6.45, 7) is 0.0572. The highest BCUT2D eigenvalue weighted by atomic mass is 35.5. The largest absolute Gasteiger partial charge is 0.416 e. The molecule has 0 bridgehead atoms. The second kappa shape index (κ2) is 9.69. The van der Waals surface area contributed by atoms with Crippen molar-refractivity contribution in [2.24, 2.45) is 10.7 Å². The molecule has 0 amide bonds. The van der Waals surface area contributed by atoms with Gasteiger partial charge in [-0.25, -0.2) is 4.98 Å². The van der Waals surface area contributed by atoms with Crippen molar-refractivity contribution in [3.05, 3.63) is 81.3 Å². The zero-order chi connectivity index (χ0) is 23.5. The Balaban J connectivity index is 2.27. The Morgan fingerprint density at radius 2 is 1.94 bits per heavy atom. The first kappa shape index (κ1) is 23.7. The van der Waals surface area contributed by atoms with Crippen molar-refractivity contribution in [3.63, 3.8) is 0 Å². The van der Waals surface area contributed by atoms with Gasteiger partial charge >= 0.3 is 6.18 Å². The number of nitrogens with zero attached hydrogens (tertiary/aromatic N) is 5. The van der Waals surface area contributed by atoms with Crippen LogP contribution in [-0.4, -0.2) is 15.5 Å². The number of nitrogens with two attached hydrogens (primary N) is 1. The molecule has 1 heterocycles. The zero-order valence-corrected chi connectivity index (χ0v) is 18.3. The summed E-state index contributed by atoms with van der Waals surface area (Å²) in [5, 5.41) is 9.61. The highest BCUT2D eigenvalue weighted by molar-refractivity contribution is 6.37. The predicted molar refractivity (Wildman–Crippen MR) is 118 cm³/mol. The van der Waals surface area contributed by atoms with E-state index in [1.165, 1.54) is 35.6 Å². The number of anilines is 1. The molecule has 3 aromatic rings. The number of alkyl halides is 3. The number of imidazole rings is 1. The van der Waals surface area contributed by atoms with Gasteiger partial charge < -0.3 is 15.2 Å². The van der Waals surface area contributed by atoms with E-state index in [2.05, 4.69) is 9.98 Å². The first-order chi connectivity index (χ1) is 15.1. The fourth-order valence-corrected chi connectivity index (χ4v) is 3.86. The van der Waals surface area contributed by atoms with Crippen molar-refractivity contribution in [3.8, 4) is 6.19 Å². The molecule has 12 heteroatoms. The number of aromatic nitrogens is 2. The Morgan fingerprint density at radius 1 is 1.19 bits per heavy atom. The molecule has 1 aromatic heterocycles. The third-order valence-corrected chi connectivity index (χ3v) is 5.40. The third-order valence-electron chi connectivity index (χ3n) is 4.52. The van der Waals surface area contributed by atoms with Crippen molar-refractivity contribution in [2.45, 2.75) is 18.8 Å². The van der Waals surface area contributed by atoms with E-state index in [0.29, 0.717) is 5.02 Å². The number of hydrogen-bond acceptors (Lipinski definition) is 3. The summed E-state index contributed by atoms with van der Waals surface area (Å²) in [4.78, 5) is 8.89. The van der Waals surface area contributed by atoms with Crippen LogP contribution in [0.3, 0.4) is 0 Å². The average Bonchev–Trinajstić information content (AvgIpc) is 3.22. The molecule has 0 radical (unpaired) electrons. The van der Waals surface area contributed by atoms with Crippen LogP contribution in [0.4, 0.5) is 18.9 Å². The van der Waals surface area contributed by atoms with Crippen molar-refractivity contribution < 1.29 is 13.2 Å². The molecule has 2 N–H and O–H groups in total. The number of rotatable bonds is 5. The Labute approximate surface area is 196 Å². The van der Waals surface area contributed by atoms with Gasteiger partial charge in [-0.05, 0) is 42.0 Å². The lowest BCUT2D eigenvalue weighted by Gasteiger charge is -2.34. The first-order valence-corrected chi connectivity index (χ1v) is 10.0. The summed E-state index contributed by atoms with van der Waals surface area (Å²) in [6, 6.07) is 6.50. The molecule has 6 nitrogen and oxygen atoms in total. The Morgan fingerprint density at radius 3 is 2.53 bits per heavy atom. The van der Waals surface area contributed by atoms with E-state index < -0.39 is 17.8 Å². The van der Waals surface area contributed by atoms with E-state index in [1.54, 1.807) is 17.0 Å². The second-order valence-corrected chi connectivity index (χ2v) is 7.80. The van der Waals surface area contributed by atoms with Gasteiger partial charge in [0.1, 0.15) is 0 Å². The minimum atomic E-state index is -4.60. The number of benzene rings is 2. The normalized spacial score (nSPS) is 13.0. The number of hydrogen-bond donors (Lipinski definition) is 1. The molecule has 0 saturated carbocycles. The molecule has 0 aliphatic rings. The van der Waals surface area contributed by atoms with Crippen LogP contribution in [0.2, 0.25) is 15.1 Å². The van der Waals surface area contributed by atoms with Crippen molar-refractivity contribution in [2.75, 3.05) is 4.90 Å². The van der Waals surface area contributed by atoms with Gasteiger partial charge in [0.25, 0.3) is 0 Å². The van der Waals surface area contributed by atoms with Gasteiger partial charge in [0.15, 0.2) is 0 Å². The molecule has 32 heavy (non-hydrogen) atoms. The Bertz CT molecular complexity index is 1170. The highest BCUT2D eigenvalue weighted by Crippen LogP contribution is 2.40. The Hall–Kier alpha value is -2.93. The lowest BCUT2D eigenvalue weighted by atomic mass is 10.0. The SMILES string of the molecule is N#C/N=C(\N)N(c1ccc(Cl)cc1Cl)C(Cn1ccnc1)c1cc(C(F)(F)F)ccc1Cl. The predicted octanol–water partition coefficient (Wildman–Crippen LogP) is 5.91. The third kappa shape index (κ3) is 5.27. The minimum Gasteiger partial charge on any atom is -0.369 e. The van der Waals surface area contributed by atoms with E-state index in [4.69, 9.17) is 45.8 Å². The van der Waals surface area contributed by atoms with Crippen LogP contribution >= 0.6 is 34.8 Å². The van der Waals surface area contributed by atoms with E-state index in [-0.39, 0.29) is 33.8 Å². The summed E-state index contributed by atoms with van der Waals surface area (Å²) in [7, 11) is 0. The van der Waals surface area contributed by atoms with Crippen LogP contribution < -0.4 is 10.6 Å². The second-order valence-electron chi connectivity index (χ2n) is 6.55. The topological polar surface area (TPSA) is 83.2 Å². The van der Waals surface area contributed by atoms with Crippen LogP contribution in [0.1, 0.15) is 17.2 Å². The van der Waals surface area contributed by atoms with Crippen molar-refractivity contribution in [1.82, 2.24) is 9.55 Å². The van der Waals surface area contributed by atoms with Crippen LogP contribution in [0.25, 0.3) is 0 Å². The standard InChI is InChI=1S/C20H14Cl3F3N6/c21-13-2-4-17(16(23)8-13)32(19(28)30-10-27)18(9-31-6-5-29-11-31)14-7-12(20(24,25)26)1-3-15(14)22/h1-8,11,18H,9H2,(H2,28,30). The van der Waals surface area contributed by atoms with E-state index in [0.717, 1.165) is 18.2 Å². The highest BCUT2D eigenvalue weighted by Gasteiger charge is 2.34. The molecular formula is C20H14Cl3F3N6. The Kier molecular flexibility index (Phi) is 7.19. The van der Waals surface area contributed by atoms with Gasteiger partial charge in [-0.1, -0.05) is 34.8 Å². The smallest absolute Gasteiger partial charge is 0.369 e. The first-order valence-electron chi connectivity index (χ1n) is 8.90.